The van der Waals surface area contributed by atoms with Crippen LogP contribution in [0, 0.1) is 0 Å². The predicted octanol–water partition coefficient (Wildman–Crippen LogP) is 3.88. The maximum atomic E-state index is 10.9. The standard InChI is InChI=1S/C11H7BrO2S/c12-9-4-3-7(6-8(9)11(13)14)10-2-1-5-15-10/h1-6H,(H,13,14). The molecule has 0 fully saturated rings. The molecule has 1 aromatic carbocycles. The van der Waals surface area contributed by atoms with Gasteiger partial charge < -0.3 is 5.11 Å². The fourth-order valence-corrected chi connectivity index (χ4v) is 2.43. The Morgan fingerprint density at radius 3 is 2.73 bits per heavy atom. The molecular weight excluding hydrogens is 276 g/mol. The van der Waals surface area contributed by atoms with Crippen LogP contribution < -0.4 is 0 Å². The van der Waals surface area contributed by atoms with Crippen LogP contribution in [0.3, 0.4) is 0 Å². The zero-order chi connectivity index (χ0) is 10.8. The van der Waals surface area contributed by atoms with Crippen molar-refractivity contribution in [1.29, 1.82) is 0 Å². The second kappa shape index (κ2) is 4.16. The van der Waals surface area contributed by atoms with E-state index in [1.165, 1.54) is 0 Å². The summed E-state index contributed by atoms with van der Waals surface area (Å²) in [6.07, 6.45) is 0. The van der Waals surface area contributed by atoms with Gasteiger partial charge in [0.15, 0.2) is 0 Å². The molecule has 0 radical (unpaired) electrons. The molecule has 0 unspecified atom stereocenters. The molecule has 2 rings (SSSR count). The van der Waals surface area contributed by atoms with Crippen molar-refractivity contribution in [3.63, 3.8) is 0 Å². The first-order valence-corrected chi connectivity index (χ1v) is 5.92. The number of hydrogen-bond acceptors (Lipinski definition) is 2. The van der Waals surface area contributed by atoms with Crippen LogP contribution in [-0.4, -0.2) is 11.1 Å². The van der Waals surface area contributed by atoms with Crippen LogP contribution in [0.15, 0.2) is 40.2 Å². The first-order valence-electron chi connectivity index (χ1n) is 4.25. The molecule has 0 bridgehead atoms. The third kappa shape index (κ3) is 2.11. The van der Waals surface area contributed by atoms with E-state index >= 15 is 0 Å². The van der Waals surface area contributed by atoms with Crippen molar-refractivity contribution < 1.29 is 9.90 Å². The van der Waals surface area contributed by atoms with Gasteiger partial charge in [0.05, 0.1) is 5.56 Å². The third-order valence-electron chi connectivity index (χ3n) is 2.00. The van der Waals surface area contributed by atoms with Crippen LogP contribution in [0.2, 0.25) is 0 Å². The smallest absolute Gasteiger partial charge is 0.336 e. The zero-order valence-corrected chi connectivity index (χ0v) is 10.0. The highest BCUT2D eigenvalue weighted by Crippen LogP contribution is 2.28. The minimum absolute atomic E-state index is 0.293. The normalized spacial score (nSPS) is 10.2. The first kappa shape index (κ1) is 10.4. The monoisotopic (exact) mass is 282 g/mol. The molecule has 0 saturated heterocycles. The fourth-order valence-electron chi connectivity index (χ4n) is 1.29. The van der Waals surface area contributed by atoms with Crippen molar-refractivity contribution in [2.75, 3.05) is 0 Å². The Morgan fingerprint density at radius 2 is 2.13 bits per heavy atom. The average Bonchev–Trinajstić information content (AvgIpc) is 2.71. The summed E-state index contributed by atoms with van der Waals surface area (Å²) in [6.45, 7) is 0. The Balaban J connectivity index is 2.52. The Labute approximate surface area is 99.3 Å². The van der Waals surface area contributed by atoms with Crippen molar-refractivity contribution >= 4 is 33.2 Å². The number of aromatic carboxylic acids is 1. The van der Waals surface area contributed by atoms with E-state index in [2.05, 4.69) is 15.9 Å². The number of rotatable bonds is 2. The van der Waals surface area contributed by atoms with Gasteiger partial charge in [-0.15, -0.1) is 11.3 Å². The second-order valence-electron chi connectivity index (χ2n) is 2.98. The summed E-state index contributed by atoms with van der Waals surface area (Å²) in [5, 5.41) is 10.9. The molecule has 2 nitrogen and oxygen atoms in total. The van der Waals surface area contributed by atoms with Crippen molar-refractivity contribution in [2.45, 2.75) is 0 Å². The molecule has 0 saturated carbocycles. The van der Waals surface area contributed by atoms with Gasteiger partial charge in [0, 0.05) is 9.35 Å². The summed E-state index contributed by atoms with van der Waals surface area (Å²) in [5.41, 5.74) is 1.23. The second-order valence-corrected chi connectivity index (χ2v) is 4.78. The van der Waals surface area contributed by atoms with Crippen molar-refractivity contribution in [2.24, 2.45) is 0 Å². The van der Waals surface area contributed by atoms with Gasteiger partial charge >= 0.3 is 5.97 Å². The number of thiophene rings is 1. The number of carboxylic acids is 1. The molecule has 1 aromatic heterocycles. The largest absolute Gasteiger partial charge is 0.478 e. The minimum atomic E-state index is -0.916. The summed E-state index contributed by atoms with van der Waals surface area (Å²) >= 11 is 4.81. The van der Waals surface area contributed by atoms with E-state index in [1.54, 1.807) is 23.5 Å². The highest BCUT2D eigenvalue weighted by atomic mass is 79.9. The summed E-state index contributed by atoms with van der Waals surface area (Å²) in [4.78, 5) is 12.0. The maximum absolute atomic E-state index is 10.9. The molecular formula is C11H7BrO2S. The molecule has 76 valence electrons. The Bertz CT molecular complexity index is 491. The third-order valence-corrected chi connectivity index (χ3v) is 3.61. The molecule has 0 spiro atoms. The maximum Gasteiger partial charge on any atom is 0.336 e. The molecule has 0 atom stereocenters. The molecule has 0 aliphatic heterocycles. The van der Waals surface area contributed by atoms with E-state index in [1.807, 2.05) is 23.6 Å². The van der Waals surface area contributed by atoms with E-state index in [4.69, 9.17) is 5.11 Å². The topological polar surface area (TPSA) is 37.3 Å². The van der Waals surface area contributed by atoms with Gasteiger partial charge in [-0.2, -0.15) is 0 Å². The van der Waals surface area contributed by atoms with E-state index in [0.29, 0.717) is 10.0 Å². The summed E-state index contributed by atoms with van der Waals surface area (Å²) in [5.74, 6) is -0.916. The number of hydrogen-bond donors (Lipinski definition) is 1. The van der Waals surface area contributed by atoms with Crippen molar-refractivity contribution in [1.82, 2.24) is 0 Å². The number of halogens is 1. The minimum Gasteiger partial charge on any atom is -0.478 e. The van der Waals surface area contributed by atoms with Crippen molar-refractivity contribution in [3.8, 4) is 10.4 Å². The lowest BCUT2D eigenvalue weighted by Gasteiger charge is -2.02. The van der Waals surface area contributed by atoms with E-state index in [-0.39, 0.29) is 0 Å². The van der Waals surface area contributed by atoms with E-state index in [0.717, 1.165) is 10.4 Å². The van der Waals surface area contributed by atoms with Gasteiger partial charge in [0.1, 0.15) is 0 Å². The molecule has 15 heavy (non-hydrogen) atoms. The van der Waals surface area contributed by atoms with E-state index < -0.39 is 5.97 Å². The van der Waals surface area contributed by atoms with Crippen LogP contribution >= 0.6 is 27.3 Å². The fraction of sp³-hybridized carbons (Fsp3) is 0. The molecule has 4 heteroatoms. The average molecular weight is 283 g/mol. The summed E-state index contributed by atoms with van der Waals surface area (Å²) in [7, 11) is 0. The zero-order valence-electron chi connectivity index (χ0n) is 7.61. The quantitative estimate of drug-likeness (QED) is 0.908. The lowest BCUT2D eigenvalue weighted by Crippen LogP contribution is -1.97. The van der Waals surface area contributed by atoms with Gasteiger partial charge in [-0.25, -0.2) is 4.79 Å². The highest BCUT2D eigenvalue weighted by molar-refractivity contribution is 9.10. The van der Waals surface area contributed by atoms with E-state index in [9.17, 15) is 4.79 Å². The molecule has 0 amide bonds. The number of carboxylic acid groups (broad SMARTS) is 1. The predicted molar refractivity (Wildman–Crippen MR) is 64.4 cm³/mol. The molecule has 0 aliphatic carbocycles. The van der Waals surface area contributed by atoms with Gasteiger partial charge in [-0.05, 0) is 45.1 Å². The molecule has 1 heterocycles. The lowest BCUT2D eigenvalue weighted by atomic mass is 10.1. The van der Waals surface area contributed by atoms with Gasteiger partial charge in [-0.1, -0.05) is 12.1 Å². The number of carbonyl (C=O) groups is 1. The Kier molecular flexibility index (Phi) is 2.88. The molecule has 1 N–H and O–H groups in total. The Hall–Kier alpha value is -1.13. The summed E-state index contributed by atoms with van der Waals surface area (Å²) < 4.78 is 0.607. The van der Waals surface area contributed by atoms with Crippen LogP contribution in [-0.2, 0) is 0 Å². The van der Waals surface area contributed by atoms with Gasteiger partial charge in [-0.3, -0.25) is 0 Å². The molecule has 0 aliphatic rings. The van der Waals surface area contributed by atoms with Crippen LogP contribution in [0.4, 0.5) is 0 Å². The number of benzene rings is 1. The van der Waals surface area contributed by atoms with Gasteiger partial charge in [0.25, 0.3) is 0 Å². The molecule has 2 aromatic rings. The SMILES string of the molecule is O=C(O)c1cc(-c2cccs2)ccc1Br. The Morgan fingerprint density at radius 1 is 1.33 bits per heavy atom. The first-order chi connectivity index (χ1) is 7.18. The summed E-state index contributed by atoms with van der Waals surface area (Å²) in [6, 6.07) is 9.27. The van der Waals surface area contributed by atoms with Crippen LogP contribution in [0.25, 0.3) is 10.4 Å². The highest BCUT2D eigenvalue weighted by Gasteiger charge is 2.09. The lowest BCUT2D eigenvalue weighted by molar-refractivity contribution is 0.0696. The van der Waals surface area contributed by atoms with Crippen molar-refractivity contribution in [3.05, 3.63) is 45.7 Å². The van der Waals surface area contributed by atoms with Crippen LogP contribution in [0.1, 0.15) is 10.4 Å². The van der Waals surface area contributed by atoms with Crippen LogP contribution in [0.5, 0.6) is 0 Å². The van der Waals surface area contributed by atoms with Gasteiger partial charge in [0.2, 0.25) is 0 Å².